The van der Waals surface area contributed by atoms with Gasteiger partial charge in [0.25, 0.3) is 0 Å². The van der Waals surface area contributed by atoms with E-state index in [2.05, 4.69) is 22.9 Å². The van der Waals surface area contributed by atoms with E-state index in [1.54, 1.807) is 0 Å². The molecule has 0 spiro atoms. The molecule has 0 amide bonds. The normalized spacial score (nSPS) is 29.4. The van der Waals surface area contributed by atoms with E-state index in [1.165, 1.54) is 0 Å². The highest BCUT2D eigenvalue weighted by Crippen LogP contribution is 2.51. The molecule has 1 heterocycles. The molecule has 3 N–H and O–H groups in total. The van der Waals surface area contributed by atoms with Gasteiger partial charge in [-0.25, -0.2) is 0 Å². The summed E-state index contributed by atoms with van der Waals surface area (Å²) in [5, 5.41) is 10.9. The Bertz CT molecular complexity index is 536. The van der Waals surface area contributed by atoms with Crippen molar-refractivity contribution in [3.63, 3.8) is 0 Å². The van der Waals surface area contributed by atoms with E-state index in [0.29, 0.717) is 31.4 Å². The molecule has 1 aliphatic carbocycles. The molecule has 0 saturated heterocycles. The first-order chi connectivity index (χ1) is 10.1. The monoisotopic (exact) mass is 355 g/mol. The predicted molar refractivity (Wildman–Crippen MR) is 84.6 cm³/mol. The van der Waals surface area contributed by atoms with E-state index in [4.69, 9.17) is 15.2 Å². The highest BCUT2D eigenvalue weighted by atomic mass is 79.9. The van der Waals surface area contributed by atoms with Gasteiger partial charge in [0.15, 0.2) is 11.5 Å². The van der Waals surface area contributed by atoms with Crippen molar-refractivity contribution >= 4 is 15.9 Å². The van der Waals surface area contributed by atoms with Crippen molar-refractivity contribution < 1.29 is 14.6 Å². The number of rotatable bonds is 3. The number of benzene rings is 1. The van der Waals surface area contributed by atoms with Gasteiger partial charge in [-0.1, -0.05) is 13.3 Å². The number of nitrogens with two attached hydrogens (primary N) is 1. The van der Waals surface area contributed by atoms with Crippen LogP contribution in [0.3, 0.4) is 0 Å². The lowest BCUT2D eigenvalue weighted by atomic mass is 9.76. The Balaban J connectivity index is 1.94. The highest BCUT2D eigenvalue weighted by molar-refractivity contribution is 9.10. The fourth-order valence-corrected chi connectivity index (χ4v) is 4.19. The van der Waals surface area contributed by atoms with E-state index in [-0.39, 0.29) is 5.41 Å². The molecule has 3 unspecified atom stereocenters. The van der Waals surface area contributed by atoms with Gasteiger partial charge in [-0.15, -0.1) is 0 Å². The Hall–Kier alpha value is -0.780. The minimum atomic E-state index is -0.570. The minimum absolute atomic E-state index is 0.220. The van der Waals surface area contributed by atoms with Crippen LogP contribution in [0.25, 0.3) is 0 Å². The molecule has 1 aromatic rings. The molecule has 116 valence electrons. The first kappa shape index (κ1) is 15.1. The van der Waals surface area contributed by atoms with Gasteiger partial charge < -0.3 is 20.3 Å². The Morgan fingerprint density at radius 2 is 2.19 bits per heavy atom. The maximum atomic E-state index is 10.9. The van der Waals surface area contributed by atoms with Gasteiger partial charge in [0.1, 0.15) is 13.2 Å². The van der Waals surface area contributed by atoms with Crippen molar-refractivity contribution in [1.82, 2.24) is 0 Å². The van der Waals surface area contributed by atoms with E-state index >= 15 is 0 Å². The zero-order valence-electron chi connectivity index (χ0n) is 12.3. The topological polar surface area (TPSA) is 64.7 Å². The molecule has 1 saturated carbocycles. The van der Waals surface area contributed by atoms with Gasteiger partial charge >= 0.3 is 0 Å². The van der Waals surface area contributed by atoms with Crippen molar-refractivity contribution in [2.75, 3.05) is 19.8 Å². The Labute approximate surface area is 133 Å². The van der Waals surface area contributed by atoms with Crippen molar-refractivity contribution in [3.05, 3.63) is 22.2 Å². The van der Waals surface area contributed by atoms with Gasteiger partial charge in [0.2, 0.25) is 0 Å². The van der Waals surface area contributed by atoms with Crippen LogP contribution in [0.2, 0.25) is 0 Å². The van der Waals surface area contributed by atoms with Gasteiger partial charge in [0.05, 0.1) is 10.6 Å². The molecular weight excluding hydrogens is 334 g/mol. The van der Waals surface area contributed by atoms with E-state index in [1.807, 2.05) is 12.1 Å². The van der Waals surface area contributed by atoms with Crippen LogP contribution in [0.4, 0.5) is 0 Å². The smallest absolute Gasteiger partial charge is 0.175 e. The van der Waals surface area contributed by atoms with Crippen LogP contribution >= 0.6 is 15.9 Å². The molecule has 21 heavy (non-hydrogen) atoms. The van der Waals surface area contributed by atoms with Gasteiger partial charge in [-0.3, -0.25) is 0 Å². The maximum Gasteiger partial charge on any atom is 0.175 e. The highest BCUT2D eigenvalue weighted by Gasteiger charge is 2.43. The summed E-state index contributed by atoms with van der Waals surface area (Å²) in [6.45, 7) is 3.82. The Kier molecular flexibility index (Phi) is 4.17. The minimum Gasteiger partial charge on any atom is -0.486 e. The average Bonchev–Trinajstić information content (AvgIpc) is 2.89. The molecule has 2 aliphatic rings. The molecule has 4 nitrogen and oxygen atoms in total. The number of aliphatic hydroxyl groups is 1. The van der Waals surface area contributed by atoms with Crippen LogP contribution in [0.5, 0.6) is 11.5 Å². The first-order valence-electron chi connectivity index (χ1n) is 7.53. The van der Waals surface area contributed by atoms with E-state index in [9.17, 15) is 5.11 Å². The molecule has 1 fully saturated rings. The van der Waals surface area contributed by atoms with Crippen molar-refractivity contribution in [2.45, 2.75) is 32.3 Å². The Morgan fingerprint density at radius 1 is 1.43 bits per heavy atom. The molecule has 0 bridgehead atoms. The fraction of sp³-hybridized carbons (Fsp3) is 0.625. The zero-order chi connectivity index (χ0) is 15.0. The SMILES string of the molecule is CC1CCC(CN)(C(O)c2cc(Br)c3c(c2)OCCO3)C1. The van der Waals surface area contributed by atoms with Crippen molar-refractivity contribution in [3.8, 4) is 11.5 Å². The summed E-state index contributed by atoms with van der Waals surface area (Å²) in [5.74, 6) is 2.03. The van der Waals surface area contributed by atoms with Crippen LogP contribution in [0.1, 0.15) is 37.9 Å². The number of halogens is 1. The third-order valence-corrected chi connectivity index (χ3v) is 5.40. The fourth-order valence-electron chi connectivity index (χ4n) is 3.62. The summed E-state index contributed by atoms with van der Waals surface area (Å²) in [6, 6.07) is 3.82. The number of fused-ring (bicyclic) bond motifs is 1. The molecule has 5 heteroatoms. The van der Waals surface area contributed by atoms with Crippen LogP contribution in [-0.4, -0.2) is 24.9 Å². The van der Waals surface area contributed by atoms with Crippen molar-refractivity contribution in [2.24, 2.45) is 17.1 Å². The molecular formula is C16H22BrNO3. The van der Waals surface area contributed by atoms with E-state index in [0.717, 1.165) is 35.0 Å². The predicted octanol–water partition coefficient (Wildman–Crippen LogP) is 3.02. The van der Waals surface area contributed by atoms with Crippen LogP contribution in [0.15, 0.2) is 16.6 Å². The zero-order valence-corrected chi connectivity index (χ0v) is 13.9. The number of ether oxygens (including phenoxy) is 2. The molecule has 0 aromatic heterocycles. The largest absolute Gasteiger partial charge is 0.486 e. The Morgan fingerprint density at radius 3 is 2.86 bits per heavy atom. The summed E-state index contributed by atoms with van der Waals surface area (Å²) in [7, 11) is 0. The second-order valence-corrected chi connectivity index (χ2v) is 7.20. The molecule has 1 aliphatic heterocycles. The van der Waals surface area contributed by atoms with Crippen LogP contribution < -0.4 is 15.2 Å². The van der Waals surface area contributed by atoms with Gasteiger partial charge in [-0.05, 0) is 52.4 Å². The summed E-state index contributed by atoms with van der Waals surface area (Å²) in [5.41, 5.74) is 6.65. The van der Waals surface area contributed by atoms with Crippen molar-refractivity contribution in [1.29, 1.82) is 0 Å². The molecule has 0 radical (unpaired) electrons. The number of hydrogen-bond acceptors (Lipinski definition) is 4. The second kappa shape index (κ2) is 5.78. The van der Waals surface area contributed by atoms with Crippen LogP contribution in [-0.2, 0) is 0 Å². The molecule has 3 atom stereocenters. The lowest BCUT2D eigenvalue weighted by molar-refractivity contribution is 0.0303. The summed E-state index contributed by atoms with van der Waals surface area (Å²) in [4.78, 5) is 0. The summed E-state index contributed by atoms with van der Waals surface area (Å²) < 4.78 is 12.1. The second-order valence-electron chi connectivity index (χ2n) is 6.34. The third-order valence-electron chi connectivity index (χ3n) is 4.81. The quantitative estimate of drug-likeness (QED) is 0.874. The summed E-state index contributed by atoms with van der Waals surface area (Å²) in [6.07, 6.45) is 2.49. The van der Waals surface area contributed by atoms with E-state index < -0.39 is 6.10 Å². The summed E-state index contributed by atoms with van der Waals surface area (Å²) >= 11 is 3.51. The average molecular weight is 356 g/mol. The number of aliphatic hydroxyl groups excluding tert-OH is 1. The van der Waals surface area contributed by atoms with Crippen LogP contribution in [0, 0.1) is 11.3 Å². The lowest BCUT2D eigenvalue weighted by Gasteiger charge is -2.34. The maximum absolute atomic E-state index is 10.9. The first-order valence-corrected chi connectivity index (χ1v) is 8.32. The standard InChI is InChI=1S/C16H22BrNO3/c1-10-2-3-16(8-10,9-18)15(19)11-6-12(17)14-13(7-11)20-4-5-21-14/h6-7,10,15,19H,2-5,8-9,18H2,1H3. The third kappa shape index (κ3) is 2.67. The lowest BCUT2D eigenvalue weighted by Crippen LogP contribution is -2.34. The molecule has 1 aromatic carbocycles. The van der Waals surface area contributed by atoms with Gasteiger partial charge in [0, 0.05) is 12.0 Å². The molecule has 3 rings (SSSR count). The van der Waals surface area contributed by atoms with Gasteiger partial charge in [-0.2, -0.15) is 0 Å². The number of hydrogen-bond donors (Lipinski definition) is 2.